The topological polar surface area (TPSA) is 146 Å². The van der Waals surface area contributed by atoms with Crippen LogP contribution in [0.5, 0.6) is 0 Å². The van der Waals surface area contributed by atoms with Gasteiger partial charge in [0.25, 0.3) is 0 Å². The normalized spacial score (nSPS) is 19.0. The molecule has 12 heteroatoms. The van der Waals surface area contributed by atoms with E-state index in [0.29, 0.717) is 12.3 Å². The molecule has 0 spiro atoms. The number of morpholine rings is 1. The number of imidazole rings is 1. The van der Waals surface area contributed by atoms with Gasteiger partial charge in [-0.1, -0.05) is 71.0 Å². The SMILES string of the molecule is CC(C)[C@@H](C)C(=O)N1CCC[C@H]1c1ncc(-c2ccc(-c3ccc(NC(=O)[C@@H]4COCCN4C(=O)[C@H](NC(=O)OC(C)(C)C)C(C)C)cc3)cc2)[nH]1. The first-order chi connectivity index (χ1) is 24.6. The van der Waals surface area contributed by atoms with Crippen molar-refractivity contribution in [3.63, 3.8) is 0 Å². The van der Waals surface area contributed by atoms with E-state index < -0.39 is 23.8 Å². The molecule has 2 fully saturated rings. The van der Waals surface area contributed by atoms with E-state index >= 15 is 0 Å². The van der Waals surface area contributed by atoms with Crippen LogP contribution in [0.15, 0.2) is 54.7 Å². The molecule has 0 saturated carbocycles. The Kier molecular flexibility index (Phi) is 12.1. The van der Waals surface area contributed by atoms with Crippen molar-refractivity contribution in [2.75, 3.05) is 31.6 Å². The van der Waals surface area contributed by atoms with Gasteiger partial charge >= 0.3 is 6.09 Å². The van der Waals surface area contributed by atoms with E-state index in [1.165, 1.54) is 4.90 Å². The summed E-state index contributed by atoms with van der Waals surface area (Å²) in [6, 6.07) is 13.9. The van der Waals surface area contributed by atoms with Gasteiger partial charge in [-0.3, -0.25) is 14.4 Å². The monoisotopic (exact) mass is 714 g/mol. The summed E-state index contributed by atoms with van der Waals surface area (Å²) >= 11 is 0. The van der Waals surface area contributed by atoms with Crippen LogP contribution in [0.1, 0.15) is 80.1 Å². The van der Waals surface area contributed by atoms with Gasteiger partial charge in [-0.2, -0.15) is 0 Å². The smallest absolute Gasteiger partial charge is 0.408 e. The Morgan fingerprint density at radius 1 is 0.865 bits per heavy atom. The van der Waals surface area contributed by atoms with Crippen LogP contribution >= 0.6 is 0 Å². The second-order valence-electron chi connectivity index (χ2n) is 15.5. The second kappa shape index (κ2) is 16.3. The molecule has 1 aromatic heterocycles. The van der Waals surface area contributed by atoms with Crippen LogP contribution in [0.3, 0.4) is 0 Å². The zero-order valence-corrected chi connectivity index (χ0v) is 31.7. The number of alkyl carbamates (subject to hydrolysis) is 1. The van der Waals surface area contributed by atoms with Crippen molar-refractivity contribution in [1.82, 2.24) is 25.1 Å². The number of likely N-dealkylation sites (tertiary alicyclic amines) is 1. The van der Waals surface area contributed by atoms with E-state index in [0.717, 1.165) is 47.6 Å². The zero-order chi connectivity index (χ0) is 37.7. The molecule has 0 aliphatic carbocycles. The summed E-state index contributed by atoms with van der Waals surface area (Å²) in [7, 11) is 0. The molecule has 0 bridgehead atoms. The minimum atomic E-state index is -0.865. The number of nitrogens with zero attached hydrogens (tertiary/aromatic N) is 3. The summed E-state index contributed by atoms with van der Waals surface area (Å²) in [4.78, 5) is 64.4. The molecule has 2 aliphatic heterocycles. The van der Waals surface area contributed by atoms with Crippen molar-refractivity contribution in [2.45, 2.75) is 92.0 Å². The van der Waals surface area contributed by atoms with Crippen LogP contribution < -0.4 is 10.6 Å². The average Bonchev–Trinajstić information content (AvgIpc) is 3.80. The molecular weight excluding hydrogens is 660 g/mol. The molecule has 4 amide bonds. The molecule has 52 heavy (non-hydrogen) atoms. The predicted molar refractivity (Wildman–Crippen MR) is 200 cm³/mol. The number of nitrogens with one attached hydrogen (secondary N) is 3. The highest BCUT2D eigenvalue weighted by atomic mass is 16.6. The fourth-order valence-corrected chi connectivity index (χ4v) is 6.54. The molecule has 12 nitrogen and oxygen atoms in total. The van der Waals surface area contributed by atoms with Crippen LogP contribution in [0.2, 0.25) is 0 Å². The summed E-state index contributed by atoms with van der Waals surface area (Å²) in [5.41, 5.74) is 3.74. The Morgan fingerprint density at radius 3 is 2.12 bits per heavy atom. The third-order valence-electron chi connectivity index (χ3n) is 9.84. The highest BCUT2D eigenvalue weighted by Gasteiger charge is 2.39. The van der Waals surface area contributed by atoms with E-state index in [-0.39, 0.29) is 54.7 Å². The Morgan fingerprint density at radius 2 is 1.50 bits per heavy atom. The molecule has 2 saturated heterocycles. The number of hydrogen-bond acceptors (Lipinski definition) is 7. The number of carbonyl (C=O) groups is 4. The highest BCUT2D eigenvalue weighted by molar-refractivity contribution is 5.98. The first-order valence-corrected chi connectivity index (χ1v) is 18.4. The molecular formula is C40H54N6O6. The lowest BCUT2D eigenvalue weighted by molar-refractivity contribution is -0.148. The standard InChI is InChI=1S/C40H54N6O6/c1-24(2)26(5)37(48)45-19-9-10-32(45)35-41-22-31(43-35)29-13-11-27(12-14-29)28-15-17-30(18-16-28)42-36(47)33-23-51-21-20-46(33)38(49)34(25(3)4)44-39(50)52-40(6,7)8/h11-18,22,24-26,32-34H,9-10,19-21,23H2,1-8H3,(H,41,43)(H,42,47)(H,44,50)/t26-,32+,33+,34-/m1/s1. The molecule has 0 unspecified atom stereocenters. The Bertz CT molecular complexity index is 1710. The molecule has 0 radical (unpaired) electrons. The average molecular weight is 715 g/mol. The van der Waals surface area contributed by atoms with Crippen molar-refractivity contribution in [1.29, 1.82) is 0 Å². The van der Waals surface area contributed by atoms with Gasteiger partial charge in [0, 0.05) is 24.7 Å². The molecule has 3 aromatic rings. The number of aromatic amines is 1. The Balaban J connectivity index is 1.21. The summed E-state index contributed by atoms with van der Waals surface area (Å²) in [6.07, 6.45) is 3.02. The van der Waals surface area contributed by atoms with Gasteiger partial charge in [0.1, 0.15) is 23.5 Å². The van der Waals surface area contributed by atoms with Crippen molar-refractivity contribution in [2.24, 2.45) is 17.8 Å². The quantitative estimate of drug-likeness (QED) is 0.220. The maximum absolute atomic E-state index is 13.7. The number of carbonyl (C=O) groups excluding carboxylic acids is 4. The second-order valence-corrected chi connectivity index (χ2v) is 15.5. The van der Waals surface area contributed by atoms with Gasteiger partial charge in [-0.15, -0.1) is 0 Å². The molecule has 2 aromatic carbocycles. The lowest BCUT2D eigenvalue weighted by Crippen LogP contribution is -2.60. The van der Waals surface area contributed by atoms with Crippen LogP contribution in [0.25, 0.3) is 22.4 Å². The van der Waals surface area contributed by atoms with Crippen LogP contribution in [0, 0.1) is 17.8 Å². The summed E-state index contributed by atoms with van der Waals surface area (Å²) in [6.45, 7) is 16.4. The molecule has 5 rings (SSSR count). The van der Waals surface area contributed by atoms with E-state index in [9.17, 15) is 19.2 Å². The molecule has 4 atom stereocenters. The van der Waals surface area contributed by atoms with Crippen LogP contribution in [0.4, 0.5) is 10.5 Å². The number of rotatable bonds is 10. The largest absolute Gasteiger partial charge is 0.444 e. The van der Waals surface area contributed by atoms with E-state index in [2.05, 4.69) is 34.4 Å². The number of hydrogen-bond donors (Lipinski definition) is 3. The van der Waals surface area contributed by atoms with Crippen LogP contribution in [-0.2, 0) is 23.9 Å². The molecule has 2 aliphatic rings. The van der Waals surface area contributed by atoms with Gasteiger partial charge < -0.3 is 34.9 Å². The number of amides is 4. The Hall–Kier alpha value is -4.71. The molecule has 3 N–H and O–H groups in total. The van der Waals surface area contributed by atoms with Gasteiger partial charge in [0.2, 0.25) is 17.7 Å². The van der Waals surface area contributed by atoms with Crippen molar-refractivity contribution in [3.8, 4) is 22.4 Å². The summed E-state index contributed by atoms with van der Waals surface area (Å²) in [5.74, 6) is 0.305. The van der Waals surface area contributed by atoms with Gasteiger partial charge in [-0.25, -0.2) is 9.78 Å². The third-order valence-corrected chi connectivity index (χ3v) is 9.84. The van der Waals surface area contributed by atoms with Crippen molar-refractivity contribution < 1.29 is 28.7 Å². The maximum Gasteiger partial charge on any atom is 0.408 e. The van der Waals surface area contributed by atoms with E-state index in [1.54, 1.807) is 20.8 Å². The number of benzene rings is 2. The number of aromatic nitrogens is 2. The van der Waals surface area contributed by atoms with Gasteiger partial charge in [0.05, 0.1) is 31.1 Å². The van der Waals surface area contributed by atoms with Gasteiger partial charge in [0.15, 0.2) is 0 Å². The maximum atomic E-state index is 13.7. The minimum Gasteiger partial charge on any atom is -0.444 e. The number of ether oxygens (including phenoxy) is 2. The van der Waals surface area contributed by atoms with Gasteiger partial charge in [-0.05, 0) is 74.3 Å². The molecule has 280 valence electrons. The number of anilines is 1. The predicted octanol–water partition coefficient (Wildman–Crippen LogP) is 6.41. The fraction of sp³-hybridized carbons (Fsp3) is 0.525. The zero-order valence-electron chi connectivity index (χ0n) is 31.7. The van der Waals surface area contributed by atoms with Crippen LogP contribution in [-0.4, -0.2) is 87.6 Å². The lowest BCUT2D eigenvalue weighted by atomic mass is 9.96. The van der Waals surface area contributed by atoms with E-state index in [4.69, 9.17) is 9.47 Å². The summed E-state index contributed by atoms with van der Waals surface area (Å²) < 4.78 is 11.0. The summed E-state index contributed by atoms with van der Waals surface area (Å²) in [5, 5.41) is 5.63. The van der Waals surface area contributed by atoms with E-state index in [1.807, 2.05) is 80.4 Å². The van der Waals surface area contributed by atoms with Crippen molar-refractivity contribution >= 4 is 29.5 Å². The first-order valence-electron chi connectivity index (χ1n) is 18.4. The lowest BCUT2D eigenvalue weighted by Gasteiger charge is -2.37. The highest BCUT2D eigenvalue weighted by Crippen LogP contribution is 2.34. The Labute approximate surface area is 307 Å². The number of H-pyrrole nitrogens is 1. The molecule has 3 heterocycles. The third kappa shape index (κ3) is 9.20. The van der Waals surface area contributed by atoms with Crippen molar-refractivity contribution in [3.05, 3.63) is 60.6 Å². The fourth-order valence-electron chi connectivity index (χ4n) is 6.54. The minimum absolute atomic E-state index is 0.0283. The first kappa shape index (κ1) is 38.5.